The van der Waals surface area contributed by atoms with Crippen LogP contribution in [0.4, 0.5) is 0 Å². The van der Waals surface area contributed by atoms with Gasteiger partial charge in [-0.05, 0) is 42.7 Å². The molecule has 1 aliphatic rings. The molecule has 0 radical (unpaired) electrons. The molecule has 3 rings (SSSR count). The summed E-state index contributed by atoms with van der Waals surface area (Å²) in [6, 6.07) is 15.5. The van der Waals surface area contributed by atoms with Gasteiger partial charge >= 0.3 is 0 Å². The van der Waals surface area contributed by atoms with Crippen molar-refractivity contribution in [3.8, 4) is 0 Å². The van der Waals surface area contributed by atoms with Gasteiger partial charge in [0.1, 0.15) is 0 Å². The number of aryl methyl sites for hydroxylation is 1. The lowest BCUT2D eigenvalue weighted by Crippen LogP contribution is -2.44. The van der Waals surface area contributed by atoms with E-state index in [1.54, 1.807) is 0 Å². The molecule has 1 saturated carbocycles. The number of rotatable bonds is 6. The maximum Gasteiger partial charge on any atom is 0.0310 e. The Kier molecular flexibility index (Phi) is 3.69. The number of hydrogen-bond acceptors (Lipinski definition) is 3. The van der Waals surface area contributed by atoms with Crippen molar-refractivity contribution < 1.29 is 0 Å². The van der Waals surface area contributed by atoms with Crippen LogP contribution in [0.3, 0.4) is 0 Å². The van der Waals surface area contributed by atoms with Crippen LogP contribution in [-0.2, 0) is 11.8 Å². The van der Waals surface area contributed by atoms with Crippen LogP contribution in [0.15, 0.2) is 47.8 Å². The average Bonchev–Trinajstić information content (AvgIpc) is 3.10. The van der Waals surface area contributed by atoms with Crippen LogP contribution in [0.5, 0.6) is 0 Å². The highest BCUT2D eigenvalue weighted by Gasteiger charge is 2.49. The van der Waals surface area contributed by atoms with Crippen molar-refractivity contribution >= 4 is 11.3 Å². The van der Waals surface area contributed by atoms with E-state index in [1.807, 2.05) is 11.3 Å². The van der Waals surface area contributed by atoms with Crippen LogP contribution in [0.2, 0.25) is 0 Å². The molecule has 1 atom stereocenters. The third-order valence-corrected chi connectivity index (χ3v) is 5.20. The molecule has 0 amide bonds. The van der Waals surface area contributed by atoms with E-state index >= 15 is 0 Å². The molecule has 2 nitrogen and oxygen atoms in total. The van der Waals surface area contributed by atoms with Gasteiger partial charge in [-0.25, -0.2) is 0 Å². The van der Waals surface area contributed by atoms with E-state index in [9.17, 15) is 0 Å². The van der Waals surface area contributed by atoms with Crippen molar-refractivity contribution in [3.63, 3.8) is 0 Å². The predicted molar refractivity (Wildman–Crippen MR) is 81.1 cm³/mol. The lowest BCUT2D eigenvalue weighted by atomic mass is 9.85. The third-order valence-electron chi connectivity index (χ3n) is 4.27. The lowest BCUT2D eigenvalue weighted by molar-refractivity contribution is 0.400. The quantitative estimate of drug-likeness (QED) is 0.626. The Morgan fingerprint density at radius 3 is 2.53 bits per heavy atom. The number of hydrogen-bond donors (Lipinski definition) is 2. The molecule has 1 aliphatic carbocycles. The lowest BCUT2D eigenvalue weighted by Gasteiger charge is -2.27. The molecule has 0 spiro atoms. The summed E-state index contributed by atoms with van der Waals surface area (Å²) in [6.07, 6.45) is 4.71. The van der Waals surface area contributed by atoms with Crippen LogP contribution >= 0.6 is 11.3 Å². The number of benzene rings is 1. The summed E-state index contributed by atoms with van der Waals surface area (Å²) in [5.74, 6) is 5.83. The molecule has 1 heterocycles. The molecule has 1 aromatic heterocycles. The van der Waals surface area contributed by atoms with Crippen LogP contribution in [-0.4, -0.2) is 6.04 Å². The highest BCUT2D eigenvalue weighted by molar-refractivity contribution is 7.09. The number of thiophene rings is 1. The summed E-state index contributed by atoms with van der Waals surface area (Å²) in [5.41, 5.74) is 4.78. The van der Waals surface area contributed by atoms with Gasteiger partial charge in [0.2, 0.25) is 0 Å². The molecule has 19 heavy (non-hydrogen) atoms. The van der Waals surface area contributed by atoms with Gasteiger partial charge < -0.3 is 0 Å². The smallest absolute Gasteiger partial charge is 0.0310 e. The van der Waals surface area contributed by atoms with Gasteiger partial charge in [0.25, 0.3) is 0 Å². The minimum atomic E-state index is 0.271. The normalized spacial score (nSPS) is 18.2. The Balaban J connectivity index is 1.72. The van der Waals surface area contributed by atoms with E-state index in [-0.39, 0.29) is 5.41 Å². The standard InChI is InChI=1S/C16H20N2S/c17-18-15(9-8-14-7-4-12-19-14)16(10-11-16)13-5-2-1-3-6-13/h1-7,12,15,18H,8-11,17H2. The number of nitrogens with one attached hydrogen (secondary N) is 1. The van der Waals surface area contributed by atoms with E-state index in [1.165, 1.54) is 23.3 Å². The van der Waals surface area contributed by atoms with Crippen molar-refractivity contribution in [1.82, 2.24) is 5.43 Å². The molecular formula is C16H20N2S. The Labute approximate surface area is 118 Å². The number of nitrogens with two attached hydrogens (primary N) is 1. The predicted octanol–water partition coefficient (Wildman–Crippen LogP) is 3.24. The van der Waals surface area contributed by atoms with Crippen molar-refractivity contribution in [2.75, 3.05) is 0 Å². The third kappa shape index (κ3) is 2.59. The SMILES string of the molecule is NNC(CCc1cccs1)C1(c2ccccc2)CC1. The van der Waals surface area contributed by atoms with Gasteiger partial charge in [-0.1, -0.05) is 36.4 Å². The first-order chi connectivity index (χ1) is 9.35. The molecule has 1 fully saturated rings. The molecule has 3 N–H and O–H groups in total. The summed E-state index contributed by atoms with van der Waals surface area (Å²) < 4.78 is 0. The second-order valence-corrected chi connectivity index (χ2v) is 6.39. The average molecular weight is 272 g/mol. The summed E-state index contributed by atoms with van der Waals surface area (Å²) >= 11 is 1.83. The summed E-state index contributed by atoms with van der Waals surface area (Å²) in [5, 5.41) is 2.14. The zero-order valence-electron chi connectivity index (χ0n) is 11.0. The van der Waals surface area contributed by atoms with Gasteiger partial charge in [-0.2, -0.15) is 0 Å². The van der Waals surface area contributed by atoms with Gasteiger partial charge in [0.05, 0.1) is 0 Å². The Morgan fingerprint density at radius 2 is 1.95 bits per heavy atom. The Morgan fingerprint density at radius 1 is 1.16 bits per heavy atom. The van der Waals surface area contributed by atoms with Crippen LogP contribution in [0.25, 0.3) is 0 Å². The molecule has 0 aliphatic heterocycles. The monoisotopic (exact) mass is 272 g/mol. The van der Waals surface area contributed by atoms with Crippen molar-refractivity contribution in [1.29, 1.82) is 0 Å². The molecular weight excluding hydrogens is 252 g/mol. The maximum atomic E-state index is 5.83. The van der Waals surface area contributed by atoms with Crippen LogP contribution < -0.4 is 11.3 Å². The zero-order valence-corrected chi connectivity index (χ0v) is 11.8. The molecule has 100 valence electrons. The van der Waals surface area contributed by atoms with E-state index in [4.69, 9.17) is 5.84 Å². The fraction of sp³-hybridized carbons (Fsp3) is 0.375. The molecule has 0 saturated heterocycles. The molecule has 1 aromatic carbocycles. The van der Waals surface area contributed by atoms with Gasteiger partial charge in [0.15, 0.2) is 0 Å². The van der Waals surface area contributed by atoms with Crippen molar-refractivity contribution in [2.24, 2.45) is 5.84 Å². The fourth-order valence-electron chi connectivity index (χ4n) is 3.00. The van der Waals surface area contributed by atoms with Crippen LogP contribution in [0.1, 0.15) is 29.7 Å². The van der Waals surface area contributed by atoms with Gasteiger partial charge in [-0.15, -0.1) is 11.3 Å². The van der Waals surface area contributed by atoms with E-state index < -0.39 is 0 Å². The highest BCUT2D eigenvalue weighted by atomic mass is 32.1. The fourth-order valence-corrected chi connectivity index (χ4v) is 3.73. The first kappa shape index (κ1) is 12.9. The Bertz CT molecular complexity index is 503. The van der Waals surface area contributed by atoms with E-state index in [2.05, 4.69) is 53.3 Å². The van der Waals surface area contributed by atoms with Crippen molar-refractivity contribution in [2.45, 2.75) is 37.1 Å². The topological polar surface area (TPSA) is 38.0 Å². The second kappa shape index (κ2) is 5.45. The van der Waals surface area contributed by atoms with Gasteiger partial charge in [-0.3, -0.25) is 11.3 Å². The minimum absolute atomic E-state index is 0.271. The first-order valence-electron chi connectivity index (χ1n) is 6.89. The van der Waals surface area contributed by atoms with Crippen molar-refractivity contribution in [3.05, 3.63) is 58.3 Å². The maximum absolute atomic E-state index is 5.83. The second-order valence-electron chi connectivity index (χ2n) is 5.36. The molecule has 2 aromatic rings. The summed E-state index contributed by atoms with van der Waals surface area (Å²) in [7, 11) is 0. The highest BCUT2D eigenvalue weighted by Crippen LogP contribution is 2.51. The first-order valence-corrected chi connectivity index (χ1v) is 7.77. The van der Waals surface area contributed by atoms with Gasteiger partial charge in [0, 0.05) is 16.3 Å². The minimum Gasteiger partial charge on any atom is -0.271 e. The van der Waals surface area contributed by atoms with E-state index in [0.717, 1.165) is 12.8 Å². The molecule has 1 unspecified atom stereocenters. The van der Waals surface area contributed by atoms with E-state index in [0.29, 0.717) is 6.04 Å². The zero-order chi connectivity index (χ0) is 13.1. The summed E-state index contributed by atoms with van der Waals surface area (Å²) in [4.78, 5) is 1.45. The molecule has 3 heteroatoms. The Hall–Kier alpha value is -1.16. The molecule has 0 bridgehead atoms. The number of hydrazine groups is 1. The largest absolute Gasteiger partial charge is 0.271 e. The van der Waals surface area contributed by atoms with Crippen LogP contribution in [0, 0.1) is 0 Å². The summed E-state index contributed by atoms with van der Waals surface area (Å²) in [6.45, 7) is 0.